The Balaban J connectivity index is 1.93. The summed E-state index contributed by atoms with van der Waals surface area (Å²) in [5, 5.41) is 0. The number of carbonyl (C=O) groups is 1. The molecular formula is C19H17NO4. The Morgan fingerprint density at radius 2 is 1.96 bits per heavy atom. The second-order valence-electron chi connectivity index (χ2n) is 5.04. The molecule has 0 N–H and O–H groups in total. The van der Waals surface area contributed by atoms with Gasteiger partial charge in [-0.05, 0) is 37.3 Å². The van der Waals surface area contributed by atoms with Crippen molar-refractivity contribution in [3.05, 3.63) is 65.4 Å². The van der Waals surface area contributed by atoms with Crippen molar-refractivity contribution in [2.75, 3.05) is 13.7 Å². The van der Waals surface area contributed by atoms with Crippen molar-refractivity contribution in [2.45, 2.75) is 6.92 Å². The summed E-state index contributed by atoms with van der Waals surface area (Å²) < 4.78 is 16.1. The zero-order valence-electron chi connectivity index (χ0n) is 13.5. The van der Waals surface area contributed by atoms with Crippen molar-refractivity contribution in [2.24, 2.45) is 4.99 Å². The predicted molar refractivity (Wildman–Crippen MR) is 91.2 cm³/mol. The largest absolute Gasteiger partial charge is 0.496 e. The van der Waals surface area contributed by atoms with Crippen LogP contribution in [0.5, 0.6) is 11.5 Å². The molecule has 122 valence electrons. The number of rotatable bonds is 5. The van der Waals surface area contributed by atoms with Gasteiger partial charge in [-0.1, -0.05) is 18.2 Å². The highest BCUT2D eigenvalue weighted by Gasteiger charge is 2.24. The van der Waals surface area contributed by atoms with Crippen LogP contribution >= 0.6 is 0 Å². The number of cyclic esters (lactones) is 1. The molecule has 1 heterocycles. The second kappa shape index (κ2) is 7.00. The van der Waals surface area contributed by atoms with Crippen LogP contribution in [-0.2, 0) is 9.53 Å². The molecule has 0 aliphatic carbocycles. The van der Waals surface area contributed by atoms with E-state index >= 15 is 0 Å². The Labute approximate surface area is 140 Å². The molecule has 0 amide bonds. The van der Waals surface area contributed by atoms with Crippen molar-refractivity contribution in [3.8, 4) is 11.5 Å². The first kappa shape index (κ1) is 15.8. The predicted octanol–water partition coefficient (Wildman–Crippen LogP) is 3.44. The van der Waals surface area contributed by atoms with Gasteiger partial charge in [-0.2, -0.15) is 0 Å². The average Bonchev–Trinajstić information content (AvgIpc) is 2.98. The molecular weight excluding hydrogens is 306 g/mol. The summed E-state index contributed by atoms with van der Waals surface area (Å²) in [6, 6.07) is 14.7. The summed E-state index contributed by atoms with van der Waals surface area (Å²) in [5.41, 5.74) is 1.72. The minimum Gasteiger partial charge on any atom is -0.496 e. The van der Waals surface area contributed by atoms with Crippen molar-refractivity contribution in [3.63, 3.8) is 0 Å². The lowest BCUT2D eigenvalue weighted by Gasteiger charge is -2.08. The first-order valence-electron chi connectivity index (χ1n) is 7.60. The number of hydrogen-bond donors (Lipinski definition) is 0. The Hall–Kier alpha value is -3.08. The van der Waals surface area contributed by atoms with Gasteiger partial charge in [-0.25, -0.2) is 9.79 Å². The van der Waals surface area contributed by atoms with Crippen LogP contribution in [0.3, 0.4) is 0 Å². The maximum Gasteiger partial charge on any atom is 0.363 e. The first-order chi connectivity index (χ1) is 11.7. The highest BCUT2D eigenvalue weighted by molar-refractivity contribution is 6.12. The summed E-state index contributed by atoms with van der Waals surface area (Å²) in [6.07, 6.45) is 1.65. The van der Waals surface area contributed by atoms with E-state index in [4.69, 9.17) is 14.2 Å². The molecule has 1 aliphatic heterocycles. The maximum atomic E-state index is 12.1. The summed E-state index contributed by atoms with van der Waals surface area (Å²) in [5.74, 6) is 1.13. The molecule has 3 rings (SSSR count). The van der Waals surface area contributed by atoms with E-state index < -0.39 is 5.97 Å². The standard InChI is InChI=1S/C19H17NO4/c1-3-23-15-10-9-14(17(12-15)22-2)11-16-19(21)24-18(20-16)13-7-5-4-6-8-13/h4-12H,3H2,1-2H3. The lowest BCUT2D eigenvalue weighted by molar-refractivity contribution is -0.129. The van der Waals surface area contributed by atoms with Gasteiger partial charge >= 0.3 is 5.97 Å². The van der Waals surface area contributed by atoms with Crippen LogP contribution < -0.4 is 9.47 Å². The molecule has 0 fully saturated rings. The molecule has 0 atom stereocenters. The molecule has 2 aromatic rings. The summed E-state index contributed by atoms with van der Waals surface area (Å²) in [6.45, 7) is 2.48. The van der Waals surface area contributed by atoms with Crippen LogP contribution in [0.25, 0.3) is 6.08 Å². The van der Waals surface area contributed by atoms with Crippen LogP contribution in [0.15, 0.2) is 59.2 Å². The van der Waals surface area contributed by atoms with Crippen LogP contribution in [0, 0.1) is 0 Å². The Kier molecular flexibility index (Phi) is 4.61. The van der Waals surface area contributed by atoms with Gasteiger partial charge in [0, 0.05) is 17.2 Å². The molecule has 0 unspecified atom stereocenters. The summed E-state index contributed by atoms with van der Waals surface area (Å²) >= 11 is 0. The number of carbonyl (C=O) groups excluding carboxylic acids is 1. The molecule has 0 saturated carbocycles. The summed E-state index contributed by atoms with van der Waals surface area (Å²) in [7, 11) is 1.57. The number of hydrogen-bond acceptors (Lipinski definition) is 5. The fourth-order valence-electron chi connectivity index (χ4n) is 2.33. The Bertz CT molecular complexity index is 809. The Morgan fingerprint density at radius 3 is 2.67 bits per heavy atom. The number of nitrogens with zero attached hydrogens (tertiary/aromatic N) is 1. The van der Waals surface area contributed by atoms with E-state index in [0.717, 1.165) is 11.1 Å². The van der Waals surface area contributed by atoms with E-state index in [1.54, 1.807) is 19.3 Å². The van der Waals surface area contributed by atoms with Gasteiger partial charge in [0.1, 0.15) is 11.5 Å². The van der Waals surface area contributed by atoms with E-state index in [9.17, 15) is 4.79 Å². The average molecular weight is 323 g/mol. The minimum absolute atomic E-state index is 0.233. The molecule has 0 saturated heterocycles. The third-order valence-corrected chi connectivity index (χ3v) is 3.45. The quantitative estimate of drug-likeness (QED) is 0.625. The third kappa shape index (κ3) is 3.30. The zero-order valence-corrected chi connectivity index (χ0v) is 13.5. The number of ether oxygens (including phenoxy) is 3. The van der Waals surface area contributed by atoms with Crippen molar-refractivity contribution < 1.29 is 19.0 Å². The van der Waals surface area contributed by atoms with E-state index in [2.05, 4.69) is 4.99 Å². The minimum atomic E-state index is -0.482. The highest BCUT2D eigenvalue weighted by atomic mass is 16.6. The number of benzene rings is 2. The number of methoxy groups -OCH3 is 1. The fraction of sp³-hybridized carbons (Fsp3) is 0.158. The van der Waals surface area contributed by atoms with Gasteiger partial charge in [0.2, 0.25) is 5.90 Å². The molecule has 5 nitrogen and oxygen atoms in total. The monoisotopic (exact) mass is 323 g/mol. The molecule has 0 radical (unpaired) electrons. The lowest BCUT2D eigenvalue weighted by atomic mass is 10.1. The van der Waals surface area contributed by atoms with E-state index in [0.29, 0.717) is 24.0 Å². The van der Waals surface area contributed by atoms with Crippen LogP contribution in [0.1, 0.15) is 18.1 Å². The second-order valence-corrected chi connectivity index (χ2v) is 5.04. The van der Waals surface area contributed by atoms with Gasteiger partial charge < -0.3 is 14.2 Å². The van der Waals surface area contributed by atoms with Gasteiger partial charge in [0.15, 0.2) is 5.70 Å². The SMILES string of the molecule is CCOc1ccc(C=C2N=C(c3ccccc3)OC2=O)c(OC)c1. The van der Waals surface area contributed by atoms with Gasteiger partial charge in [0.05, 0.1) is 13.7 Å². The number of aliphatic imine (C=N–C) groups is 1. The van der Waals surface area contributed by atoms with Crippen LogP contribution in [0.2, 0.25) is 0 Å². The van der Waals surface area contributed by atoms with Gasteiger partial charge in [0.25, 0.3) is 0 Å². The van der Waals surface area contributed by atoms with Crippen molar-refractivity contribution >= 4 is 17.9 Å². The molecule has 1 aliphatic rings. The number of esters is 1. The van der Waals surface area contributed by atoms with E-state index in [1.165, 1.54) is 0 Å². The molecule has 0 aromatic heterocycles. The van der Waals surface area contributed by atoms with Gasteiger partial charge in [-0.3, -0.25) is 0 Å². The fourth-order valence-corrected chi connectivity index (χ4v) is 2.33. The van der Waals surface area contributed by atoms with E-state index in [-0.39, 0.29) is 5.70 Å². The van der Waals surface area contributed by atoms with E-state index in [1.807, 2.05) is 49.4 Å². The Morgan fingerprint density at radius 1 is 1.17 bits per heavy atom. The van der Waals surface area contributed by atoms with Crippen molar-refractivity contribution in [1.29, 1.82) is 0 Å². The highest BCUT2D eigenvalue weighted by Crippen LogP contribution is 2.28. The molecule has 5 heteroatoms. The maximum absolute atomic E-state index is 12.1. The lowest BCUT2D eigenvalue weighted by Crippen LogP contribution is -2.05. The van der Waals surface area contributed by atoms with Crippen molar-refractivity contribution in [1.82, 2.24) is 0 Å². The molecule has 0 spiro atoms. The zero-order chi connectivity index (χ0) is 16.9. The summed E-state index contributed by atoms with van der Waals surface area (Å²) in [4.78, 5) is 16.3. The van der Waals surface area contributed by atoms with Crippen LogP contribution in [0.4, 0.5) is 0 Å². The molecule has 24 heavy (non-hydrogen) atoms. The molecule has 2 aromatic carbocycles. The third-order valence-electron chi connectivity index (χ3n) is 3.45. The first-order valence-corrected chi connectivity index (χ1v) is 7.60. The smallest absolute Gasteiger partial charge is 0.363 e. The topological polar surface area (TPSA) is 57.1 Å². The van der Waals surface area contributed by atoms with Crippen LogP contribution in [-0.4, -0.2) is 25.6 Å². The van der Waals surface area contributed by atoms with Gasteiger partial charge in [-0.15, -0.1) is 0 Å². The molecule has 0 bridgehead atoms. The normalized spacial score (nSPS) is 15.2.